The van der Waals surface area contributed by atoms with Gasteiger partial charge in [0, 0.05) is 17.5 Å². The lowest BCUT2D eigenvalue weighted by Crippen LogP contribution is -2.03. The number of hydrogen-bond acceptors (Lipinski definition) is 5. The lowest BCUT2D eigenvalue weighted by Gasteiger charge is -2.07. The zero-order valence-corrected chi connectivity index (χ0v) is 12.6. The Labute approximate surface area is 117 Å². The van der Waals surface area contributed by atoms with E-state index in [-0.39, 0.29) is 6.61 Å². The van der Waals surface area contributed by atoms with Gasteiger partial charge >= 0.3 is 0 Å². The van der Waals surface area contributed by atoms with Crippen molar-refractivity contribution in [3.63, 3.8) is 0 Å². The van der Waals surface area contributed by atoms with Crippen LogP contribution in [0.2, 0.25) is 0 Å². The summed E-state index contributed by atoms with van der Waals surface area (Å²) in [5, 5.41) is 18.5. The number of aliphatic hydroxyl groups excluding tert-OH is 1. The standard InChI is InChI=1S/C12H21N3OS2/c1-9(2)8-17-5-6-18-12-14-13-11(7-16)15(12)10-3-4-10/h9-10,16H,3-8H2,1-2H3. The average Bonchev–Trinajstić information content (AvgIpc) is 3.09. The van der Waals surface area contributed by atoms with E-state index in [9.17, 15) is 5.11 Å². The smallest absolute Gasteiger partial charge is 0.191 e. The molecule has 4 nitrogen and oxygen atoms in total. The van der Waals surface area contributed by atoms with Crippen molar-refractivity contribution in [3.05, 3.63) is 5.82 Å². The molecule has 0 unspecified atom stereocenters. The van der Waals surface area contributed by atoms with Crippen LogP contribution in [0.4, 0.5) is 0 Å². The highest BCUT2D eigenvalue weighted by molar-refractivity contribution is 8.02. The summed E-state index contributed by atoms with van der Waals surface area (Å²) in [5.41, 5.74) is 0. The molecule has 1 heterocycles. The zero-order valence-electron chi connectivity index (χ0n) is 11.0. The molecule has 1 aliphatic carbocycles. The van der Waals surface area contributed by atoms with E-state index in [1.165, 1.54) is 18.6 Å². The minimum Gasteiger partial charge on any atom is -0.388 e. The molecule has 0 aliphatic heterocycles. The number of aromatic nitrogens is 3. The Bertz CT molecular complexity index is 377. The fourth-order valence-electron chi connectivity index (χ4n) is 1.72. The summed E-state index contributed by atoms with van der Waals surface area (Å²) in [4.78, 5) is 0. The maximum Gasteiger partial charge on any atom is 0.191 e. The van der Waals surface area contributed by atoms with Crippen molar-refractivity contribution in [2.75, 3.05) is 17.3 Å². The van der Waals surface area contributed by atoms with E-state index in [1.54, 1.807) is 11.8 Å². The summed E-state index contributed by atoms with van der Waals surface area (Å²) in [6.45, 7) is 4.49. The highest BCUT2D eigenvalue weighted by Crippen LogP contribution is 2.38. The first-order valence-corrected chi connectivity index (χ1v) is 8.61. The molecule has 0 radical (unpaired) electrons. The molecule has 1 saturated carbocycles. The molecule has 0 aromatic carbocycles. The Morgan fingerprint density at radius 1 is 1.33 bits per heavy atom. The molecule has 2 rings (SSSR count). The molecule has 0 saturated heterocycles. The van der Waals surface area contributed by atoms with Gasteiger partial charge in [-0.3, -0.25) is 0 Å². The second kappa shape index (κ2) is 6.82. The van der Waals surface area contributed by atoms with Crippen LogP contribution in [0.1, 0.15) is 38.6 Å². The molecule has 0 spiro atoms. The normalized spacial score (nSPS) is 15.6. The molecule has 0 bridgehead atoms. The molecular formula is C12H21N3OS2. The van der Waals surface area contributed by atoms with Gasteiger partial charge in [-0.1, -0.05) is 25.6 Å². The number of thioether (sulfide) groups is 2. The molecule has 6 heteroatoms. The first-order valence-electron chi connectivity index (χ1n) is 6.47. The number of aliphatic hydroxyl groups is 1. The molecule has 102 valence electrons. The van der Waals surface area contributed by atoms with E-state index in [0.717, 1.165) is 28.4 Å². The second-order valence-electron chi connectivity index (χ2n) is 4.98. The van der Waals surface area contributed by atoms with E-state index in [1.807, 2.05) is 11.8 Å². The highest BCUT2D eigenvalue weighted by atomic mass is 32.2. The Balaban J connectivity index is 1.80. The lowest BCUT2D eigenvalue weighted by atomic mass is 10.3. The van der Waals surface area contributed by atoms with Crippen LogP contribution in [-0.2, 0) is 6.61 Å². The van der Waals surface area contributed by atoms with Gasteiger partial charge in [0.1, 0.15) is 6.61 Å². The largest absolute Gasteiger partial charge is 0.388 e. The van der Waals surface area contributed by atoms with E-state index in [4.69, 9.17) is 0 Å². The monoisotopic (exact) mass is 287 g/mol. The third kappa shape index (κ3) is 3.90. The topological polar surface area (TPSA) is 50.9 Å². The van der Waals surface area contributed by atoms with Crippen molar-refractivity contribution in [3.8, 4) is 0 Å². The van der Waals surface area contributed by atoms with Gasteiger partial charge in [-0.05, 0) is 24.5 Å². The maximum atomic E-state index is 9.24. The predicted molar refractivity (Wildman–Crippen MR) is 77.1 cm³/mol. The van der Waals surface area contributed by atoms with Crippen LogP contribution in [0.15, 0.2) is 5.16 Å². The van der Waals surface area contributed by atoms with E-state index < -0.39 is 0 Å². The van der Waals surface area contributed by atoms with E-state index in [0.29, 0.717) is 6.04 Å². The number of rotatable bonds is 8. The fourth-order valence-corrected chi connectivity index (χ4v) is 3.84. The number of hydrogen-bond donors (Lipinski definition) is 1. The van der Waals surface area contributed by atoms with Crippen LogP contribution in [0.3, 0.4) is 0 Å². The van der Waals surface area contributed by atoms with Gasteiger partial charge in [0.05, 0.1) is 0 Å². The summed E-state index contributed by atoms with van der Waals surface area (Å²) in [6, 6.07) is 0.535. The van der Waals surface area contributed by atoms with Crippen LogP contribution < -0.4 is 0 Å². The summed E-state index contributed by atoms with van der Waals surface area (Å²) in [7, 11) is 0. The quantitative estimate of drug-likeness (QED) is 0.588. The van der Waals surface area contributed by atoms with Crippen molar-refractivity contribution in [1.29, 1.82) is 0 Å². The van der Waals surface area contributed by atoms with Crippen LogP contribution >= 0.6 is 23.5 Å². The fraction of sp³-hybridized carbons (Fsp3) is 0.833. The molecule has 1 aliphatic rings. The van der Waals surface area contributed by atoms with Crippen LogP contribution in [0.25, 0.3) is 0 Å². The minimum absolute atomic E-state index is 0.00778. The Kier molecular flexibility index (Phi) is 5.38. The Morgan fingerprint density at radius 2 is 2.11 bits per heavy atom. The summed E-state index contributed by atoms with van der Waals surface area (Å²) in [5.74, 6) is 4.91. The second-order valence-corrected chi connectivity index (χ2v) is 7.19. The van der Waals surface area contributed by atoms with Crippen molar-refractivity contribution in [2.24, 2.45) is 5.92 Å². The van der Waals surface area contributed by atoms with E-state index in [2.05, 4.69) is 28.6 Å². The van der Waals surface area contributed by atoms with Gasteiger partial charge in [-0.2, -0.15) is 11.8 Å². The molecule has 1 fully saturated rings. The maximum absolute atomic E-state index is 9.24. The summed E-state index contributed by atoms with van der Waals surface area (Å²) >= 11 is 3.76. The van der Waals surface area contributed by atoms with Crippen molar-refractivity contribution >= 4 is 23.5 Å². The molecule has 18 heavy (non-hydrogen) atoms. The van der Waals surface area contributed by atoms with Gasteiger partial charge in [0.2, 0.25) is 0 Å². The van der Waals surface area contributed by atoms with Gasteiger partial charge in [-0.25, -0.2) is 0 Å². The molecule has 1 N–H and O–H groups in total. The molecular weight excluding hydrogens is 266 g/mol. The van der Waals surface area contributed by atoms with Crippen molar-refractivity contribution in [2.45, 2.75) is 44.5 Å². The van der Waals surface area contributed by atoms with Gasteiger partial charge < -0.3 is 9.67 Å². The van der Waals surface area contributed by atoms with E-state index >= 15 is 0 Å². The first kappa shape index (κ1) is 14.2. The Hall–Kier alpha value is -0.200. The minimum atomic E-state index is -0.00778. The third-order valence-corrected chi connectivity index (χ3v) is 5.30. The molecule has 1 aromatic rings. The first-order chi connectivity index (χ1) is 8.72. The van der Waals surface area contributed by atoms with Crippen LogP contribution in [0, 0.1) is 5.92 Å². The van der Waals surface area contributed by atoms with Crippen molar-refractivity contribution < 1.29 is 5.11 Å². The van der Waals surface area contributed by atoms with Gasteiger partial charge in [0.25, 0.3) is 0 Å². The SMILES string of the molecule is CC(C)CSCCSc1nnc(CO)n1C1CC1. The van der Waals surface area contributed by atoms with Crippen molar-refractivity contribution in [1.82, 2.24) is 14.8 Å². The third-order valence-electron chi connectivity index (χ3n) is 2.70. The molecule has 0 atom stereocenters. The Morgan fingerprint density at radius 3 is 2.72 bits per heavy atom. The number of nitrogens with zero attached hydrogens (tertiary/aromatic N) is 3. The van der Waals surface area contributed by atoms with Gasteiger partial charge in [0.15, 0.2) is 11.0 Å². The molecule has 0 amide bonds. The highest BCUT2D eigenvalue weighted by Gasteiger charge is 2.29. The van der Waals surface area contributed by atoms with Gasteiger partial charge in [-0.15, -0.1) is 10.2 Å². The molecule has 1 aromatic heterocycles. The summed E-state index contributed by atoms with van der Waals surface area (Å²) < 4.78 is 2.12. The summed E-state index contributed by atoms with van der Waals surface area (Å²) in [6.07, 6.45) is 2.39. The predicted octanol–water partition coefficient (Wildman–Crippen LogP) is 2.59. The van der Waals surface area contributed by atoms with Crippen LogP contribution in [-0.4, -0.2) is 37.1 Å². The van der Waals surface area contributed by atoms with Crippen LogP contribution in [0.5, 0.6) is 0 Å². The average molecular weight is 287 g/mol. The lowest BCUT2D eigenvalue weighted by molar-refractivity contribution is 0.263. The zero-order chi connectivity index (χ0) is 13.0.